The minimum atomic E-state index is 0.0836. The lowest BCUT2D eigenvalue weighted by Gasteiger charge is -2.48. The highest BCUT2D eigenvalue weighted by molar-refractivity contribution is 5.76. The van der Waals surface area contributed by atoms with Gasteiger partial charge in [-0.1, -0.05) is 0 Å². The first kappa shape index (κ1) is 16.9. The second-order valence-electron chi connectivity index (χ2n) is 7.45. The highest BCUT2D eigenvalue weighted by Crippen LogP contribution is 2.39. The number of hydrogen-bond donors (Lipinski definition) is 0. The number of likely N-dealkylation sites (tertiary alicyclic amines) is 1. The zero-order valence-electron chi connectivity index (χ0n) is 15.1. The predicted molar refractivity (Wildman–Crippen MR) is 94.3 cm³/mol. The minimum absolute atomic E-state index is 0.0836. The number of hydrogen-bond acceptors (Lipinski definition) is 7. The Kier molecular flexibility index (Phi) is 4.52. The molecule has 138 valence electrons. The summed E-state index contributed by atoms with van der Waals surface area (Å²) >= 11 is 0. The summed E-state index contributed by atoms with van der Waals surface area (Å²) in [6.45, 7) is 5.67. The molecular formula is C17H24N8O. The molecule has 2 aliphatic rings. The van der Waals surface area contributed by atoms with Crippen molar-refractivity contribution in [3.8, 4) is 0 Å². The van der Waals surface area contributed by atoms with Gasteiger partial charge in [0.2, 0.25) is 11.9 Å². The molecule has 1 atom stereocenters. The number of aryl methyl sites for hydroxylation is 1. The molecule has 9 nitrogen and oxygen atoms in total. The molecule has 4 heterocycles. The van der Waals surface area contributed by atoms with Crippen LogP contribution in [0.4, 0.5) is 5.95 Å². The van der Waals surface area contributed by atoms with Gasteiger partial charge in [0, 0.05) is 43.5 Å². The van der Waals surface area contributed by atoms with E-state index >= 15 is 0 Å². The van der Waals surface area contributed by atoms with Crippen LogP contribution < -0.4 is 4.90 Å². The smallest absolute Gasteiger partial charge is 0.244 e. The first-order valence-electron chi connectivity index (χ1n) is 9.17. The summed E-state index contributed by atoms with van der Waals surface area (Å²) in [5, 5.41) is 11.0. The van der Waals surface area contributed by atoms with Gasteiger partial charge in [-0.3, -0.25) is 4.79 Å². The molecule has 1 unspecified atom stereocenters. The van der Waals surface area contributed by atoms with Crippen molar-refractivity contribution in [1.29, 1.82) is 0 Å². The molecule has 2 fully saturated rings. The van der Waals surface area contributed by atoms with Crippen LogP contribution in [0, 0.1) is 12.3 Å². The van der Waals surface area contributed by atoms with Gasteiger partial charge in [0.1, 0.15) is 12.9 Å². The molecule has 0 radical (unpaired) electrons. The topological polar surface area (TPSA) is 92.9 Å². The lowest BCUT2D eigenvalue weighted by atomic mass is 9.73. The third-order valence-electron chi connectivity index (χ3n) is 5.43. The number of piperidine rings is 2. The van der Waals surface area contributed by atoms with Crippen LogP contribution in [0.3, 0.4) is 0 Å². The molecular weight excluding hydrogens is 332 g/mol. The standard InChI is InChI=1S/C17H24N8O/c1-14-4-7-18-16(20-14)24-9-3-6-17(12-24)5-2-8-23(11-17)15(26)10-25-13-19-21-22-25/h4,7,13H,2-3,5-6,8-12H2,1H3. The fourth-order valence-corrected chi connectivity index (χ4v) is 4.21. The molecule has 0 aliphatic carbocycles. The van der Waals surface area contributed by atoms with Gasteiger partial charge < -0.3 is 9.80 Å². The van der Waals surface area contributed by atoms with E-state index in [1.807, 2.05) is 24.1 Å². The zero-order valence-corrected chi connectivity index (χ0v) is 15.1. The van der Waals surface area contributed by atoms with Gasteiger partial charge in [-0.25, -0.2) is 14.6 Å². The predicted octanol–water partition coefficient (Wildman–Crippen LogP) is 0.681. The Labute approximate surface area is 152 Å². The van der Waals surface area contributed by atoms with Crippen molar-refractivity contribution in [2.75, 3.05) is 31.1 Å². The van der Waals surface area contributed by atoms with E-state index in [-0.39, 0.29) is 17.9 Å². The highest BCUT2D eigenvalue weighted by atomic mass is 16.2. The normalized spacial score (nSPS) is 23.4. The lowest BCUT2D eigenvalue weighted by Crippen LogP contribution is -2.54. The van der Waals surface area contributed by atoms with E-state index in [4.69, 9.17) is 0 Å². The number of anilines is 1. The van der Waals surface area contributed by atoms with Crippen molar-refractivity contribution in [1.82, 2.24) is 35.1 Å². The van der Waals surface area contributed by atoms with Gasteiger partial charge in [-0.05, 0) is 49.1 Å². The summed E-state index contributed by atoms with van der Waals surface area (Å²) in [7, 11) is 0. The van der Waals surface area contributed by atoms with Gasteiger partial charge in [0.15, 0.2) is 0 Å². The van der Waals surface area contributed by atoms with Gasteiger partial charge in [0.05, 0.1) is 0 Å². The number of rotatable bonds is 3. The quantitative estimate of drug-likeness (QED) is 0.798. The SMILES string of the molecule is Cc1ccnc(N2CCCC3(CCCN(C(=O)Cn4cnnn4)C3)C2)n1. The van der Waals surface area contributed by atoms with E-state index in [1.54, 1.807) is 0 Å². The Morgan fingerprint density at radius 2 is 2.08 bits per heavy atom. The number of tetrazole rings is 1. The van der Waals surface area contributed by atoms with Crippen LogP contribution in [0.25, 0.3) is 0 Å². The Bertz CT molecular complexity index is 760. The van der Waals surface area contributed by atoms with Crippen LogP contribution >= 0.6 is 0 Å². The molecule has 9 heteroatoms. The summed E-state index contributed by atoms with van der Waals surface area (Å²) in [6.07, 6.45) is 7.72. The Morgan fingerprint density at radius 1 is 1.23 bits per heavy atom. The molecule has 2 aromatic rings. The molecule has 2 saturated heterocycles. The van der Waals surface area contributed by atoms with E-state index < -0.39 is 0 Å². The van der Waals surface area contributed by atoms with Crippen molar-refractivity contribution >= 4 is 11.9 Å². The average molecular weight is 356 g/mol. The number of carbonyl (C=O) groups is 1. The first-order chi connectivity index (χ1) is 12.6. The van der Waals surface area contributed by atoms with E-state index in [0.717, 1.165) is 63.5 Å². The molecule has 1 spiro atoms. The van der Waals surface area contributed by atoms with Crippen molar-refractivity contribution < 1.29 is 4.79 Å². The molecule has 0 aromatic carbocycles. The molecule has 2 aliphatic heterocycles. The molecule has 0 N–H and O–H groups in total. The van der Waals surface area contributed by atoms with Crippen LogP contribution in [0.2, 0.25) is 0 Å². The maximum absolute atomic E-state index is 12.7. The summed E-state index contributed by atoms with van der Waals surface area (Å²) < 4.78 is 1.48. The van der Waals surface area contributed by atoms with Gasteiger partial charge in [-0.2, -0.15) is 0 Å². The first-order valence-corrected chi connectivity index (χ1v) is 9.17. The Morgan fingerprint density at radius 3 is 2.85 bits per heavy atom. The molecule has 26 heavy (non-hydrogen) atoms. The third kappa shape index (κ3) is 3.51. The maximum atomic E-state index is 12.7. The van der Waals surface area contributed by atoms with Crippen molar-refractivity contribution in [2.45, 2.75) is 39.2 Å². The fraction of sp³-hybridized carbons (Fsp3) is 0.647. The van der Waals surface area contributed by atoms with Crippen LogP contribution in [-0.4, -0.2) is 67.2 Å². The molecule has 0 bridgehead atoms. The van der Waals surface area contributed by atoms with Crippen LogP contribution in [0.15, 0.2) is 18.6 Å². The lowest BCUT2D eigenvalue weighted by molar-refractivity contribution is -0.135. The summed E-state index contributed by atoms with van der Waals surface area (Å²) in [6, 6.07) is 1.92. The van der Waals surface area contributed by atoms with E-state index in [0.29, 0.717) is 0 Å². The third-order valence-corrected chi connectivity index (χ3v) is 5.43. The second-order valence-corrected chi connectivity index (χ2v) is 7.45. The average Bonchev–Trinajstić information content (AvgIpc) is 3.15. The number of aromatic nitrogens is 6. The van der Waals surface area contributed by atoms with Gasteiger partial charge in [-0.15, -0.1) is 5.10 Å². The maximum Gasteiger partial charge on any atom is 0.244 e. The molecule has 4 rings (SSSR count). The van der Waals surface area contributed by atoms with Crippen molar-refractivity contribution in [3.05, 3.63) is 24.3 Å². The Balaban J connectivity index is 1.46. The van der Waals surface area contributed by atoms with Crippen molar-refractivity contribution in [3.63, 3.8) is 0 Å². The van der Waals surface area contributed by atoms with E-state index in [9.17, 15) is 4.79 Å². The van der Waals surface area contributed by atoms with Gasteiger partial charge >= 0.3 is 0 Å². The van der Waals surface area contributed by atoms with Crippen LogP contribution in [0.1, 0.15) is 31.4 Å². The minimum Gasteiger partial charge on any atom is -0.340 e. The highest BCUT2D eigenvalue weighted by Gasteiger charge is 2.41. The van der Waals surface area contributed by atoms with Crippen LogP contribution in [0.5, 0.6) is 0 Å². The number of amides is 1. The van der Waals surface area contributed by atoms with Gasteiger partial charge in [0.25, 0.3) is 0 Å². The summed E-state index contributed by atoms with van der Waals surface area (Å²) in [4.78, 5) is 26.0. The van der Waals surface area contributed by atoms with Crippen molar-refractivity contribution in [2.24, 2.45) is 5.41 Å². The fourth-order valence-electron chi connectivity index (χ4n) is 4.21. The van der Waals surface area contributed by atoms with E-state index in [2.05, 4.69) is 30.4 Å². The molecule has 0 saturated carbocycles. The van der Waals surface area contributed by atoms with Crippen LogP contribution in [-0.2, 0) is 11.3 Å². The second kappa shape index (κ2) is 6.97. The largest absolute Gasteiger partial charge is 0.340 e. The van der Waals surface area contributed by atoms with E-state index in [1.165, 1.54) is 11.0 Å². The molecule has 2 aromatic heterocycles. The number of nitrogens with zero attached hydrogens (tertiary/aromatic N) is 8. The Hall–Kier alpha value is -2.58. The summed E-state index contributed by atoms with van der Waals surface area (Å²) in [5.74, 6) is 0.890. The zero-order chi connectivity index (χ0) is 18.0. The molecule has 1 amide bonds. The monoisotopic (exact) mass is 356 g/mol. The number of carbonyl (C=O) groups excluding carboxylic acids is 1. The summed E-state index contributed by atoms with van der Waals surface area (Å²) in [5.41, 5.74) is 1.11.